The third-order valence-electron chi connectivity index (χ3n) is 8.72. The summed E-state index contributed by atoms with van der Waals surface area (Å²) in [6, 6.07) is 2.16. The van der Waals surface area contributed by atoms with E-state index in [9.17, 15) is 9.59 Å². The number of anilines is 1. The maximum absolute atomic E-state index is 13.2. The van der Waals surface area contributed by atoms with Crippen molar-refractivity contribution in [1.29, 1.82) is 0 Å². The van der Waals surface area contributed by atoms with Crippen LogP contribution in [0.25, 0.3) is 11.1 Å². The molecule has 5 atom stereocenters. The molecule has 6 nitrogen and oxygen atoms in total. The van der Waals surface area contributed by atoms with Gasteiger partial charge in [0.05, 0.1) is 5.02 Å². The number of thiazole rings is 1. The number of nitrogens with zero attached hydrogens (tertiary/aromatic N) is 2. The SMILES string of the molecule is Cc1cnc(NC(=O)CC[C@@H]2CC(=O)[C@@]3(C)CCC4c5cc6ncoc6c(Cl)c5CCC4C23)s1. The van der Waals surface area contributed by atoms with E-state index in [1.165, 1.54) is 28.9 Å². The van der Waals surface area contributed by atoms with Crippen LogP contribution >= 0.6 is 22.9 Å². The van der Waals surface area contributed by atoms with Gasteiger partial charge in [0.25, 0.3) is 0 Å². The van der Waals surface area contributed by atoms with Crippen LogP contribution in [0.4, 0.5) is 5.13 Å². The molecule has 3 aromatic rings. The van der Waals surface area contributed by atoms with Crippen molar-refractivity contribution in [2.45, 2.75) is 64.7 Å². The predicted octanol–water partition coefficient (Wildman–Crippen LogP) is 6.32. The average Bonchev–Trinajstić information content (AvgIpc) is 3.50. The number of hydrogen-bond donors (Lipinski definition) is 1. The molecule has 0 bridgehead atoms. The number of aromatic nitrogens is 2. The smallest absolute Gasteiger partial charge is 0.226 e. The van der Waals surface area contributed by atoms with Crippen LogP contribution in [0.5, 0.6) is 0 Å². The molecule has 3 aliphatic rings. The zero-order valence-corrected chi connectivity index (χ0v) is 21.0. The summed E-state index contributed by atoms with van der Waals surface area (Å²) in [6.07, 6.45) is 8.77. The lowest BCUT2D eigenvalue weighted by Crippen LogP contribution is -2.44. The number of amides is 1. The van der Waals surface area contributed by atoms with Crippen molar-refractivity contribution in [3.05, 3.63) is 39.7 Å². The van der Waals surface area contributed by atoms with Gasteiger partial charge in [-0.1, -0.05) is 18.5 Å². The highest BCUT2D eigenvalue weighted by atomic mass is 35.5. The van der Waals surface area contributed by atoms with Gasteiger partial charge in [0.15, 0.2) is 17.1 Å². The van der Waals surface area contributed by atoms with Crippen molar-refractivity contribution >= 4 is 50.9 Å². The molecular weight excluding hydrogens is 470 g/mol. The fraction of sp³-hybridized carbons (Fsp3) is 0.538. The van der Waals surface area contributed by atoms with Gasteiger partial charge in [-0.15, -0.1) is 11.3 Å². The Kier molecular flexibility index (Phi) is 5.34. The molecular formula is C26H28ClN3O3S. The third-order valence-corrected chi connectivity index (χ3v) is 9.95. The minimum Gasteiger partial charge on any atom is -0.442 e. The molecule has 3 unspecified atom stereocenters. The largest absolute Gasteiger partial charge is 0.442 e. The van der Waals surface area contributed by atoms with Gasteiger partial charge in [0, 0.05) is 29.3 Å². The van der Waals surface area contributed by atoms with Crippen LogP contribution in [0.2, 0.25) is 5.02 Å². The molecule has 1 aromatic carbocycles. The van der Waals surface area contributed by atoms with Gasteiger partial charge >= 0.3 is 0 Å². The van der Waals surface area contributed by atoms with Crippen LogP contribution in [-0.2, 0) is 16.0 Å². The van der Waals surface area contributed by atoms with E-state index >= 15 is 0 Å². The van der Waals surface area contributed by atoms with Crippen molar-refractivity contribution in [1.82, 2.24) is 9.97 Å². The van der Waals surface area contributed by atoms with Gasteiger partial charge in [-0.2, -0.15) is 0 Å². The highest BCUT2D eigenvalue weighted by molar-refractivity contribution is 7.15. The Hall–Kier alpha value is -2.25. The monoisotopic (exact) mass is 497 g/mol. The van der Waals surface area contributed by atoms with E-state index in [2.05, 4.69) is 28.3 Å². The summed E-state index contributed by atoms with van der Waals surface area (Å²) in [4.78, 5) is 35.5. The molecule has 3 aliphatic carbocycles. The second kappa shape index (κ2) is 8.16. The molecule has 0 saturated heterocycles. The summed E-state index contributed by atoms with van der Waals surface area (Å²) >= 11 is 8.22. The molecule has 0 aliphatic heterocycles. The Morgan fingerprint density at radius 2 is 2.21 bits per heavy atom. The van der Waals surface area contributed by atoms with E-state index in [1.54, 1.807) is 6.20 Å². The molecule has 2 heterocycles. The molecule has 2 fully saturated rings. The Morgan fingerprint density at radius 3 is 3.00 bits per heavy atom. The number of nitrogens with one attached hydrogen (secondary N) is 1. The quantitative estimate of drug-likeness (QED) is 0.456. The van der Waals surface area contributed by atoms with E-state index in [0.29, 0.717) is 52.1 Å². The first-order valence-corrected chi connectivity index (χ1v) is 13.3. The zero-order chi connectivity index (χ0) is 23.6. The molecule has 34 heavy (non-hydrogen) atoms. The van der Waals surface area contributed by atoms with Gasteiger partial charge < -0.3 is 9.73 Å². The Morgan fingerprint density at radius 1 is 1.35 bits per heavy atom. The van der Waals surface area contributed by atoms with E-state index in [-0.39, 0.29) is 17.2 Å². The van der Waals surface area contributed by atoms with E-state index in [0.717, 1.165) is 42.5 Å². The minimum absolute atomic E-state index is 0.0167. The van der Waals surface area contributed by atoms with Crippen LogP contribution in [0, 0.1) is 30.1 Å². The second-order valence-electron chi connectivity index (χ2n) is 10.5. The fourth-order valence-electron chi connectivity index (χ4n) is 7.23. The Bertz CT molecular complexity index is 1300. The summed E-state index contributed by atoms with van der Waals surface area (Å²) in [7, 11) is 0. The predicted molar refractivity (Wildman–Crippen MR) is 132 cm³/mol. The van der Waals surface area contributed by atoms with Crippen molar-refractivity contribution in [2.24, 2.45) is 23.2 Å². The fourth-order valence-corrected chi connectivity index (χ4v) is 8.25. The number of aryl methyl sites for hydroxylation is 1. The minimum atomic E-state index is -0.284. The molecule has 1 N–H and O–H groups in total. The van der Waals surface area contributed by atoms with Crippen molar-refractivity contribution < 1.29 is 14.0 Å². The number of carbonyl (C=O) groups is 2. The molecule has 178 valence electrons. The summed E-state index contributed by atoms with van der Waals surface area (Å²) in [5.41, 5.74) is 3.68. The molecule has 2 saturated carbocycles. The summed E-state index contributed by atoms with van der Waals surface area (Å²) in [6.45, 7) is 4.15. The van der Waals surface area contributed by atoms with Crippen LogP contribution in [-0.4, -0.2) is 21.7 Å². The molecule has 0 radical (unpaired) electrons. The number of ketones is 1. The van der Waals surface area contributed by atoms with Gasteiger partial charge in [-0.05, 0) is 79.9 Å². The highest BCUT2D eigenvalue weighted by Crippen LogP contribution is 2.62. The number of carbonyl (C=O) groups excluding carboxylic acids is 2. The maximum Gasteiger partial charge on any atom is 0.226 e. The Balaban J connectivity index is 1.25. The normalized spacial score (nSPS) is 30.1. The van der Waals surface area contributed by atoms with Crippen LogP contribution in [0.3, 0.4) is 0 Å². The number of Topliss-reactive ketones (excluding diaryl/α,β-unsaturated/α-hetero) is 1. The maximum atomic E-state index is 13.2. The average molecular weight is 498 g/mol. The number of fused-ring (bicyclic) bond motifs is 6. The van der Waals surface area contributed by atoms with Crippen molar-refractivity contribution in [3.8, 4) is 0 Å². The summed E-state index contributed by atoms with van der Waals surface area (Å²) in [5.74, 6) is 1.70. The number of benzene rings is 1. The number of rotatable bonds is 4. The van der Waals surface area contributed by atoms with Gasteiger partial charge in [-0.25, -0.2) is 9.97 Å². The Labute approximate surface area is 207 Å². The topological polar surface area (TPSA) is 85.1 Å². The van der Waals surface area contributed by atoms with Crippen molar-refractivity contribution in [2.75, 3.05) is 5.32 Å². The third kappa shape index (κ3) is 3.42. The zero-order valence-electron chi connectivity index (χ0n) is 19.4. The molecule has 6 rings (SSSR count). The number of halogens is 1. The van der Waals surface area contributed by atoms with Crippen LogP contribution in [0.15, 0.2) is 23.1 Å². The number of hydrogen-bond acceptors (Lipinski definition) is 6. The molecule has 1 amide bonds. The molecule has 2 aromatic heterocycles. The first-order valence-electron chi connectivity index (χ1n) is 12.1. The van der Waals surface area contributed by atoms with Gasteiger partial charge in [0.2, 0.25) is 5.91 Å². The van der Waals surface area contributed by atoms with Crippen LogP contribution < -0.4 is 5.32 Å². The second-order valence-corrected chi connectivity index (χ2v) is 12.1. The van der Waals surface area contributed by atoms with Gasteiger partial charge in [-0.3, -0.25) is 9.59 Å². The highest BCUT2D eigenvalue weighted by Gasteiger charge is 2.58. The standard InChI is InChI=1S/C26H28ClN3O3S/c1-13-11-28-25(34-13)30-21(32)6-3-14-9-20(31)26(2)8-7-15-16(22(14)26)4-5-17-18(15)10-19-24(23(17)27)33-12-29-19/h10-12,14-16,22H,3-9H2,1-2H3,(H,28,30,32)/t14-,15?,16?,22?,26-/m1/s1. The lowest BCUT2D eigenvalue weighted by molar-refractivity contribution is -0.129. The lowest BCUT2D eigenvalue weighted by atomic mass is 9.54. The lowest BCUT2D eigenvalue weighted by Gasteiger charge is -2.50. The van der Waals surface area contributed by atoms with Crippen LogP contribution in [0.1, 0.15) is 67.4 Å². The molecule has 0 spiro atoms. The van der Waals surface area contributed by atoms with Crippen molar-refractivity contribution in [3.63, 3.8) is 0 Å². The number of oxazole rings is 1. The van der Waals surface area contributed by atoms with E-state index in [4.69, 9.17) is 16.0 Å². The first kappa shape index (κ1) is 22.2. The first-order chi connectivity index (χ1) is 16.3. The van der Waals surface area contributed by atoms with E-state index < -0.39 is 0 Å². The molecule has 8 heteroatoms. The van der Waals surface area contributed by atoms with E-state index in [1.807, 2.05) is 6.92 Å². The summed E-state index contributed by atoms with van der Waals surface area (Å²) < 4.78 is 5.54. The van der Waals surface area contributed by atoms with Gasteiger partial charge in [0.1, 0.15) is 11.3 Å². The summed E-state index contributed by atoms with van der Waals surface area (Å²) in [5, 5.41) is 4.27.